The van der Waals surface area contributed by atoms with Gasteiger partial charge in [-0.15, -0.1) is 0 Å². The van der Waals surface area contributed by atoms with Crippen molar-refractivity contribution in [2.45, 2.75) is 32.7 Å². The van der Waals surface area contributed by atoms with Gasteiger partial charge in [0.1, 0.15) is 0 Å². The second kappa shape index (κ2) is 4.46. The van der Waals surface area contributed by atoms with Crippen molar-refractivity contribution in [3.05, 3.63) is 0 Å². The minimum atomic E-state index is 0.313. The maximum absolute atomic E-state index is 8.46. The Hall–Kier alpha value is -0.770. The monoisotopic (exact) mass is 185 g/mol. The van der Waals surface area contributed by atoms with Gasteiger partial charge in [0.25, 0.3) is 0 Å². The van der Waals surface area contributed by atoms with E-state index in [1.807, 2.05) is 0 Å². The van der Waals surface area contributed by atoms with Gasteiger partial charge in [0.05, 0.1) is 6.54 Å². The molecule has 0 aromatic rings. The fraction of sp³-hybridized carbons (Fsp3) is 0.889. The number of hydrogen-bond acceptors (Lipinski definition) is 3. The second-order valence-electron chi connectivity index (χ2n) is 4.02. The van der Waals surface area contributed by atoms with Crippen LogP contribution in [0.1, 0.15) is 26.7 Å². The smallest absolute Gasteiger partial charge is 0.153 e. The Labute approximate surface area is 79.4 Å². The average Bonchev–Trinajstić information content (AvgIpc) is 2.52. The lowest BCUT2D eigenvalue weighted by atomic mass is 10.0. The van der Waals surface area contributed by atoms with Gasteiger partial charge >= 0.3 is 0 Å². The Morgan fingerprint density at radius 1 is 1.69 bits per heavy atom. The minimum absolute atomic E-state index is 0.313. The molecule has 1 rings (SSSR count). The van der Waals surface area contributed by atoms with Crippen LogP contribution in [0.4, 0.5) is 0 Å². The first-order chi connectivity index (χ1) is 6.15. The van der Waals surface area contributed by atoms with E-state index in [0.29, 0.717) is 24.3 Å². The number of hydrogen-bond donors (Lipinski definition) is 2. The van der Waals surface area contributed by atoms with Crippen LogP contribution in [0.5, 0.6) is 0 Å². The third kappa shape index (κ3) is 2.59. The first-order valence-electron chi connectivity index (χ1n) is 4.85. The molecule has 0 aromatic carbocycles. The number of amidine groups is 1. The van der Waals surface area contributed by atoms with Crippen molar-refractivity contribution in [2.24, 2.45) is 16.8 Å². The van der Waals surface area contributed by atoms with E-state index in [0.717, 1.165) is 6.54 Å². The predicted octanol–water partition coefficient (Wildman–Crippen LogP) is 0.853. The molecule has 76 valence electrons. The van der Waals surface area contributed by atoms with Crippen LogP contribution in [0.2, 0.25) is 0 Å². The highest BCUT2D eigenvalue weighted by atomic mass is 16.4. The number of likely N-dealkylation sites (tertiary alicyclic amines) is 1. The van der Waals surface area contributed by atoms with Crippen LogP contribution < -0.4 is 5.73 Å². The molecule has 0 saturated carbocycles. The van der Waals surface area contributed by atoms with E-state index in [1.165, 1.54) is 12.8 Å². The lowest BCUT2D eigenvalue weighted by Gasteiger charge is -2.26. The van der Waals surface area contributed by atoms with Crippen molar-refractivity contribution in [2.75, 3.05) is 13.1 Å². The van der Waals surface area contributed by atoms with E-state index in [4.69, 9.17) is 10.9 Å². The summed E-state index contributed by atoms with van der Waals surface area (Å²) in [7, 11) is 0. The molecule has 1 aliphatic rings. The highest BCUT2D eigenvalue weighted by Crippen LogP contribution is 2.22. The fourth-order valence-electron chi connectivity index (χ4n) is 2.04. The molecule has 4 heteroatoms. The Morgan fingerprint density at radius 2 is 2.38 bits per heavy atom. The number of nitrogens with zero attached hydrogens (tertiary/aromatic N) is 2. The first kappa shape index (κ1) is 10.3. The molecule has 1 unspecified atom stereocenters. The Balaban J connectivity index is 2.49. The van der Waals surface area contributed by atoms with Crippen LogP contribution in [0.25, 0.3) is 0 Å². The van der Waals surface area contributed by atoms with Crippen molar-refractivity contribution >= 4 is 5.84 Å². The summed E-state index contributed by atoms with van der Waals surface area (Å²) in [5.74, 6) is 0.960. The Kier molecular flexibility index (Phi) is 3.54. The summed E-state index contributed by atoms with van der Waals surface area (Å²) >= 11 is 0. The molecule has 1 aliphatic heterocycles. The lowest BCUT2D eigenvalue weighted by Crippen LogP contribution is -2.39. The summed E-state index contributed by atoms with van der Waals surface area (Å²) < 4.78 is 0. The van der Waals surface area contributed by atoms with Gasteiger partial charge in [-0.05, 0) is 25.3 Å². The summed E-state index contributed by atoms with van der Waals surface area (Å²) in [6.07, 6.45) is 2.46. The largest absolute Gasteiger partial charge is 0.409 e. The summed E-state index contributed by atoms with van der Waals surface area (Å²) in [6, 6.07) is 0.597. The van der Waals surface area contributed by atoms with Crippen molar-refractivity contribution < 1.29 is 5.21 Å². The molecule has 1 saturated heterocycles. The number of oxime groups is 1. The minimum Gasteiger partial charge on any atom is -0.409 e. The van der Waals surface area contributed by atoms with E-state index in [9.17, 15) is 0 Å². The molecular formula is C9H19N3O. The van der Waals surface area contributed by atoms with Crippen molar-refractivity contribution in [3.63, 3.8) is 0 Å². The molecule has 0 bridgehead atoms. The Bertz CT molecular complexity index is 191. The van der Waals surface area contributed by atoms with Crippen LogP contribution in [0, 0.1) is 5.92 Å². The van der Waals surface area contributed by atoms with Crippen molar-refractivity contribution in [1.82, 2.24) is 4.90 Å². The van der Waals surface area contributed by atoms with Gasteiger partial charge in [-0.1, -0.05) is 19.0 Å². The average molecular weight is 185 g/mol. The third-order valence-electron chi connectivity index (χ3n) is 2.68. The second-order valence-corrected chi connectivity index (χ2v) is 4.02. The van der Waals surface area contributed by atoms with Gasteiger partial charge in [0.15, 0.2) is 5.84 Å². The van der Waals surface area contributed by atoms with E-state index < -0.39 is 0 Å². The highest BCUT2D eigenvalue weighted by molar-refractivity contribution is 5.81. The van der Waals surface area contributed by atoms with Crippen LogP contribution in [0.15, 0.2) is 5.16 Å². The maximum Gasteiger partial charge on any atom is 0.153 e. The summed E-state index contributed by atoms with van der Waals surface area (Å²) in [6.45, 7) is 6.10. The summed E-state index contributed by atoms with van der Waals surface area (Å²) in [5.41, 5.74) is 5.47. The number of rotatable bonds is 3. The van der Waals surface area contributed by atoms with Crippen molar-refractivity contribution in [3.8, 4) is 0 Å². The van der Waals surface area contributed by atoms with Gasteiger partial charge in [-0.3, -0.25) is 4.90 Å². The fourth-order valence-corrected chi connectivity index (χ4v) is 2.04. The zero-order valence-corrected chi connectivity index (χ0v) is 8.40. The van der Waals surface area contributed by atoms with Gasteiger partial charge in [-0.2, -0.15) is 0 Å². The molecule has 1 heterocycles. The molecule has 0 amide bonds. The summed E-state index contributed by atoms with van der Waals surface area (Å²) in [5, 5.41) is 11.5. The molecule has 0 aromatic heterocycles. The van der Waals surface area contributed by atoms with Crippen molar-refractivity contribution in [1.29, 1.82) is 0 Å². The maximum atomic E-state index is 8.46. The first-order valence-corrected chi connectivity index (χ1v) is 4.85. The molecule has 0 radical (unpaired) electrons. The topological polar surface area (TPSA) is 61.8 Å². The standard InChI is InChI=1S/C9H19N3O/c1-7(2)8-4-3-5-12(8)6-9(10)11-13/h7-8,13H,3-6H2,1-2H3,(H2,10,11). The SMILES string of the molecule is CC(C)C1CCCN1CC(N)=NO. The van der Waals surface area contributed by atoms with Crippen LogP contribution in [-0.2, 0) is 0 Å². The summed E-state index contributed by atoms with van der Waals surface area (Å²) in [4.78, 5) is 2.29. The van der Waals surface area contributed by atoms with Gasteiger partial charge < -0.3 is 10.9 Å². The molecule has 4 nitrogen and oxygen atoms in total. The molecule has 1 fully saturated rings. The van der Waals surface area contributed by atoms with Gasteiger partial charge in [0, 0.05) is 6.04 Å². The van der Waals surface area contributed by atoms with Crippen LogP contribution >= 0.6 is 0 Å². The zero-order chi connectivity index (χ0) is 9.84. The molecule has 3 N–H and O–H groups in total. The number of nitrogens with two attached hydrogens (primary N) is 1. The normalized spacial score (nSPS) is 25.8. The predicted molar refractivity (Wildman–Crippen MR) is 52.8 cm³/mol. The highest BCUT2D eigenvalue weighted by Gasteiger charge is 2.27. The molecule has 0 aliphatic carbocycles. The van der Waals surface area contributed by atoms with Crippen LogP contribution in [0.3, 0.4) is 0 Å². The quantitative estimate of drug-likeness (QED) is 0.296. The molecule has 13 heavy (non-hydrogen) atoms. The van der Waals surface area contributed by atoms with E-state index in [-0.39, 0.29) is 0 Å². The van der Waals surface area contributed by atoms with E-state index in [1.54, 1.807) is 0 Å². The molecular weight excluding hydrogens is 166 g/mol. The zero-order valence-electron chi connectivity index (χ0n) is 8.40. The lowest BCUT2D eigenvalue weighted by molar-refractivity contribution is 0.229. The van der Waals surface area contributed by atoms with Gasteiger partial charge in [-0.25, -0.2) is 0 Å². The van der Waals surface area contributed by atoms with E-state index >= 15 is 0 Å². The molecule has 0 spiro atoms. The molecule has 1 atom stereocenters. The Morgan fingerprint density at radius 3 is 2.92 bits per heavy atom. The van der Waals surface area contributed by atoms with E-state index in [2.05, 4.69) is 23.9 Å². The van der Waals surface area contributed by atoms with Crippen LogP contribution in [-0.4, -0.2) is 35.1 Å². The van der Waals surface area contributed by atoms with Gasteiger partial charge in [0.2, 0.25) is 0 Å². The third-order valence-corrected chi connectivity index (χ3v) is 2.68.